The summed E-state index contributed by atoms with van der Waals surface area (Å²) in [5.41, 5.74) is 0.885. The van der Waals surface area contributed by atoms with Gasteiger partial charge in [0.2, 0.25) is 5.88 Å². The zero-order chi connectivity index (χ0) is 8.10. The van der Waals surface area contributed by atoms with Crippen molar-refractivity contribution in [3.8, 4) is 5.88 Å². The van der Waals surface area contributed by atoms with Gasteiger partial charge in [0.15, 0.2) is 0 Å². The highest BCUT2D eigenvalue weighted by atomic mass is 16.5. The van der Waals surface area contributed by atoms with Gasteiger partial charge < -0.3 is 4.74 Å². The number of hydrogen-bond donors (Lipinski definition) is 0. The number of aromatic nitrogens is 2. The molecule has 0 aliphatic carbocycles. The second-order valence-corrected chi connectivity index (χ2v) is 2.11. The Balaban J connectivity index is 2.58. The van der Waals surface area contributed by atoms with E-state index in [0.717, 1.165) is 5.69 Å². The Morgan fingerprint density at radius 1 is 1.55 bits per heavy atom. The Kier molecular flexibility index (Phi) is 2.60. The summed E-state index contributed by atoms with van der Waals surface area (Å²) in [6, 6.07) is 3.64. The van der Waals surface area contributed by atoms with E-state index < -0.39 is 0 Å². The fourth-order valence-electron chi connectivity index (χ4n) is 0.608. The Bertz CT molecular complexity index is 230. The fraction of sp³-hybridized carbons (Fsp3) is 0.250. The van der Waals surface area contributed by atoms with Crippen LogP contribution in [0.3, 0.4) is 0 Å². The van der Waals surface area contributed by atoms with Crippen molar-refractivity contribution in [2.75, 3.05) is 6.61 Å². The topological polar surface area (TPSA) is 35.0 Å². The van der Waals surface area contributed by atoms with Crippen molar-refractivity contribution in [3.63, 3.8) is 0 Å². The van der Waals surface area contributed by atoms with Gasteiger partial charge in [-0.1, -0.05) is 12.7 Å². The molecule has 11 heavy (non-hydrogen) atoms. The third-order valence-electron chi connectivity index (χ3n) is 1.12. The number of hydrogen-bond acceptors (Lipinski definition) is 3. The number of nitrogens with zero attached hydrogens (tertiary/aromatic N) is 2. The number of aryl methyl sites for hydroxylation is 1. The van der Waals surface area contributed by atoms with Crippen molar-refractivity contribution in [3.05, 3.63) is 30.5 Å². The summed E-state index contributed by atoms with van der Waals surface area (Å²) < 4.78 is 5.12. The molecular formula is C8H10N2O. The molecule has 0 saturated heterocycles. The molecule has 1 rings (SSSR count). The highest BCUT2D eigenvalue weighted by Crippen LogP contribution is 2.03. The Labute approximate surface area is 65.7 Å². The van der Waals surface area contributed by atoms with Crippen LogP contribution in [0, 0.1) is 6.92 Å². The van der Waals surface area contributed by atoms with Crippen LogP contribution in [0.1, 0.15) is 5.69 Å². The lowest BCUT2D eigenvalue weighted by Gasteiger charge is -1.99. The van der Waals surface area contributed by atoms with E-state index in [1.807, 2.05) is 13.0 Å². The van der Waals surface area contributed by atoms with Crippen LogP contribution in [0.25, 0.3) is 0 Å². The van der Waals surface area contributed by atoms with Crippen molar-refractivity contribution >= 4 is 0 Å². The normalized spacial score (nSPS) is 9.18. The molecule has 0 atom stereocenters. The molecule has 0 radical (unpaired) electrons. The van der Waals surface area contributed by atoms with Crippen LogP contribution in [0.2, 0.25) is 0 Å². The predicted molar refractivity (Wildman–Crippen MR) is 42.5 cm³/mol. The van der Waals surface area contributed by atoms with E-state index in [0.29, 0.717) is 12.5 Å². The highest BCUT2D eigenvalue weighted by Gasteiger charge is 1.91. The average molecular weight is 150 g/mol. The lowest BCUT2D eigenvalue weighted by Crippen LogP contribution is -1.96. The van der Waals surface area contributed by atoms with Crippen LogP contribution in [-0.4, -0.2) is 16.8 Å². The van der Waals surface area contributed by atoms with E-state index in [2.05, 4.69) is 16.8 Å². The molecule has 0 unspecified atom stereocenters. The summed E-state index contributed by atoms with van der Waals surface area (Å²) in [6.07, 6.45) is 1.67. The van der Waals surface area contributed by atoms with E-state index >= 15 is 0 Å². The highest BCUT2D eigenvalue weighted by molar-refractivity contribution is 5.10. The largest absolute Gasteiger partial charge is 0.472 e. The SMILES string of the molecule is C=CCOc1ccc(C)nn1. The molecule has 0 aromatic carbocycles. The molecule has 0 saturated carbocycles. The van der Waals surface area contributed by atoms with Crippen LogP contribution >= 0.6 is 0 Å². The van der Waals surface area contributed by atoms with Gasteiger partial charge in [-0.25, -0.2) is 0 Å². The zero-order valence-electron chi connectivity index (χ0n) is 6.45. The van der Waals surface area contributed by atoms with Gasteiger partial charge in [0.1, 0.15) is 6.61 Å². The molecule has 0 aliphatic heterocycles. The molecule has 0 amide bonds. The number of rotatable bonds is 3. The van der Waals surface area contributed by atoms with Crippen molar-refractivity contribution in [2.45, 2.75) is 6.92 Å². The van der Waals surface area contributed by atoms with E-state index in [1.54, 1.807) is 12.1 Å². The zero-order valence-corrected chi connectivity index (χ0v) is 6.45. The van der Waals surface area contributed by atoms with Crippen LogP contribution in [-0.2, 0) is 0 Å². The smallest absolute Gasteiger partial charge is 0.233 e. The van der Waals surface area contributed by atoms with Crippen LogP contribution in [0.4, 0.5) is 0 Å². The monoisotopic (exact) mass is 150 g/mol. The average Bonchev–Trinajstić information content (AvgIpc) is 2.04. The van der Waals surface area contributed by atoms with Gasteiger partial charge in [0.25, 0.3) is 0 Å². The summed E-state index contributed by atoms with van der Waals surface area (Å²) in [5, 5.41) is 7.62. The minimum atomic E-state index is 0.470. The van der Waals surface area contributed by atoms with Crippen molar-refractivity contribution < 1.29 is 4.74 Å². The first-order chi connectivity index (χ1) is 5.33. The molecule has 0 N–H and O–H groups in total. The third kappa shape index (κ3) is 2.37. The second-order valence-electron chi connectivity index (χ2n) is 2.11. The number of ether oxygens (including phenoxy) is 1. The van der Waals surface area contributed by atoms with Crippen molar-refractivity contribution in [2.24, 2.45) is 0 Å². The molecule has 1 aromatic heterocycles. The van der Waals surface area contributed by atoms with Gasteiger partial charge in [-0.15, -0.1) is 5.10 Å². The van der Waals surface area contributed by atoms with Gasteiger partial charge in [-0.2, -0.15) is 5.10 Å². The third-order valence-corrected chi connectivity index (χ3v) is 1.12. The molecule has 58 valence electrons. The fourth-order valence-corrected chi connectivity index (χ4v) is 0.608. The molecule has 0 aliphatic rings. The maximum Gasteiger partial charge on any atom is 0.233 e. The van der Waals surface area contributed by atoms with Crippen LogP contribution < -0.4 is 4.74 Å². The van der Waals surface area contributed by atoms with E-state index in [9.17, 15) is 0 Å². The molecular weight excluding hydrogens is 140 g/mol. The molecule has 0 bridgehead atoms. The lowest BCUT2D eigenvalue weighted by molar-refractivity contribution is 0.343. The Morgan fingerprint density at radius 2 is 2.36 bits per heavy atom. The first kappa shape index (κ1) is 7.72. The lowest BCUT2D eigenvalue weighted by atomic mass is 10.4. The van der Waals surface area contributed by atoms with Gasteiger partial charge >= 0.3 is 0 Å². The molecule has 1 aromatic rings. The molecule has 1 heterocycles. The van der Waals surface area contributed by atoms with E-state index in [-0.39, 0.29) is 0 Å². The summed E-state index contributed by atoms with van der Waals surface area (Å²) in [4.78, 5) is 0. The van der Waals surface area contributed by atoms with Gasteiger partial charge in [-0.05, 0) is 13.0 Å². The summed E-state index contributed by atoms with van der Waals surface area (Å²) in [5.74, 6) is 0.538. The standard InChI is InChI=1S/C8H10N2O/c1-3-6-11-8-5-4-7(2)9-10-8/h3-5H,1,6H2,2H3. The van der Waals surface area contributed by atoms with Gasteiger partial charge in [-0.3, -0.25) is 0 Å². The van der Waals surface area contributed by atoms with Gasteiger partial charge in [0.05, 0.1) is 5.69 Å². The quantitative estimate of drug-likeness (QED) is 0.610. The van der Waals surface area contributed by atoms with Crippen molar-refractivity contribution in [1.82, 2.24) is 10.2 Å². The van der Waals surface area contributed by atoms with E-state index in [4.69, 9.17) is 4.74 Å². The molecule has 0 spiro atoms. The molecule has 0 fully saturated rings. The minimum Gasteiger partial charge on any atom is -0.472 e. The predicted octanol–water partition coefficient (Wildman–Crippen LogP) is 1.35. The van der Waals surface area contributed by atoms with Gasteiger partial charge in [0, 0.05) is 6.07 Å². The minimum absolute atomic E-state index is 0.470. The van der Waals surface area contributed by atoms with Crippen molar-refractivity contribution in [1.29, 1.82) is 0 Å². The Hall–Kier alpha value is -1.38. The molecule has 3 nitrogen and oxygen atoms in total. The van der Waals surface area contributed by atoms with E-state index in [1.165, 1.54) is 0 Å². The van der Waals surface area contributed by atoms with Crippen LogP contribution in [0.15, 0.2) is 24.8 Å². The first-order valence-electron chi connectivity index (χ1n) is 3.37. The Morgan fingerprint density at radius 3 is 2.91 bits per heavy atom. The summed E-state index contributed by atoms with van der Waals surface area (Å²) >= 11 is 0. The van der Waals surface area contributed by atoms with Crippen LogP contribution in [0.5, 0.6) is 5.88 Å². The first-order valence-corrected chi connectivity index (χ1v) is 3.37. The maximum absolute atomic E-state index is 5.12. The molecule has 3 heteroatoms. The second kappa shape index (κ2) is 3.71. The summed E-state index contributed by atoms with van der Waals surface area (Å²) in [7, 11) is 0. The summed E-state index contributed by atoms with van der Waals surface area (Å²) in [6.45, 7) is 5.87. The maximum atomic E-state index is 5.12.